The molecular weight excluding hydrogens is 524 g/mol. The number of nitrogen functional groups attached to an aromatic ring is 1. The summed E-state index contributed by atoms with van der Waals surface area (Å²) in [5, 5.41) is 19.8. The van der Waals surface area contributed by atoms with Crippen LogP contribution in [0.5, 0.6) is 0 Å². The van der Waals surface area contributed by atoms with Crippen LogP contribution in [0.1, 0.15) is 16.3 Å². The van der Waals surface area contributed by atoms with Crippen molar-refractivity contribution in [1.29, 1.82) is 0 Å². The Bertz CT molecular complexity index is 1490. The molecule has 0 saturated carbocycles. The molecule has 1 fully saturated rings. The Hall–Kier alpha value is -3.49. The number of nitrogens with zero attached hydrogens (tertiary/aromatic N) is 4. The second-order valence-corrected chi connectivity index (χ2v) is 11.3. The summed E-state index contributed by atoms with van der Waals surface area (Å²) in [6, 6.07) is 2.58. The van der Waals surface area contributed by atoms with Gasteiger partial charge in [0.2, 0.25) is 11.4 Å². The van der Waals surface area contributed by atoms with E-state index in [0.29, 0.717) is 10.8 Å². The number of amides is 2. The van der Waals surface area contributed by atoms with Crippen LogP contribution in [0.4, 0.5) is 5.13 Å². The van der Waals surface area contributed by atoms with E-state index in [0.717, 1.165) is 32.0 Å². The Morgan fingerprint density at radius 1 is 1.39 bits per heavy atom. The van der Waals surface area contributed by atoms with Gasteiger partial charge in [0.25, 0.3) is 16.8 Å². The molecule has 1 saturated heterocycles. The first-order chi connectivity index (χ1) is 17.2. The Kier molecular flexibility index (Phi) is 6.18. The minimum Gasteiger partial charge on any atom is -0.476 e. The summed E-state index contributed by atoms with van der Waals surface area (Å²) >= 11 is 4.11. The molecule has 2 atom stereocenters. The van der Waals surface area contributed by atoms with Crippen molar-refractivity contribution in [3.05, 3.63) is 45.7 Å². The first-order valence-electron chi connectivity index (χ1n) is 10.7. The molecule has 2 unspecified atom stereocenters. The van der Waals surface area contributed by atoms with Crippen molar-refractivity contribution in [2.75, 3.05) is 18.6 Å². The van der Waals surface area contributed by atoms with Crippen molar-refractivity contribution >= 4 is 78.2 Å². The molecule has 4 N–H and O–H groups in total. The molecule has 5 rings (SSSR count). The minimum absolute atomic E-state index is 0.106. The summed E-state index contributed by atoms with van der Waals surface area (Å²) < 4.78 is 2.88. The molecule has 0 aliphatic carbocycles. The highest BCUT2D eigenvalue weighted by Gasteiger charge is 2.56. The van der Waals surface area contributed by atoms with Crippen molar-refractivity contribution in [3.8, 4) is 0 Å². The maximum Gasteiger partial charge on any atom is 0.360 e. The first kappa shape index (κ1) is 24.2. The van der Waals surface area contributed by atoms with Gasteiger partial charge in [-0.3, -0.25) is 14.5 Å². The van der Waals surface area contributed by atoms with Gasteiger partial charge in [-0.2, -0.15) is 4.57 Å². The number of oxime groups is 1. The number of β-lactam (4-membered cyclic amide) rings is 1. The highest BCUT2D eigenvalue weighted by molar-refractivity contribution is 8.07. The lowest BCUT2D eigenvalue weighted by Gasteiger charge is -2.48. The summed E-state index contributed by atoms with van der Waals surface area (Å²) in [5.41, 5.74) is 6.55. The zero-order chi connectivity index (χ0) is 25.7. The van der Waals surface area contributed by atoms with Gasteiger partial charge in [-0.25, -0.2) is 9.78 Å². The van der Waals surface area contributed by atoms with Crippen LogP contribution in [0, 0.1) is 13.8 Å². The Labute approximate surface area is 217 Å². The number of carbonyl (C=O) groups is 3. The van der Waals surface area contributed by atoms with Crippen LogP contribution in [0.15, 0.2) is 34.6 Å². The van der Waals surface area contributed by atoms with E-state index in [4.69, 9.17) is 10.6 Å². The number of aliphatic carboxylic acids is 1. The monoisotopic (exact) mass is 545 g/mol. The highest BCUT2D eigenvalue weighted by Crippen LogP contribution is 2.40. The van der Waals surface area contributed by atoms with Gasteiger partial charge < -0.3 is 21.0 Å². The molecule has 36 heavy (non-hydrogen) atoms. The lowest BCUT2D eigenvalue weighted by atomic mass is 9.94. The lowest BCUT2D eigenvalue weighted by molar-refractivity contribution is -0.579. The fourth-order valence-electron chi connectivity index (χ4n) is 4.30. The fraction of sp³-hybridized carbons (Fsp3) is 0.273. The zero-order valence-electron chi connectivity index (χ0n) is 19.3. The molecular formula is C22H21N6O5S3+. The predicted octanol–water partition coefficient (Wildman–Crippen LogP) is 1.55. The average molecular weight is 546 g/mol. The highest BCUT2D eigenvalue weighted by atomic mass is 32.2. The van der Waals surface area contributed by atoms with Crippen molar-refractivity contribution in [2.24, 2.45) is 5.16 Å². The fourth-order valence-corrected chi connectivity index (χ4v) is 7.18. The number of aryl methyl sites for hydroxylation is 2. The zero-order valence-corrected chi connectivity index (χ0v) is 21.8. The SMILES string of the molecule is CON=C(C(=O)NC1C(=O)N2C(C(=O)O)=C([n+]3ccc4cc(C)sc4c3C)SCC12)c1csc(N)n1. The number of carboxylic acids is 1. The van der Waals surface area contributed by atoms with Gasteiger partial charge in [-0.15, -0.1) is 22.7 Å². The van der Waals surface area contributed by atoms with Crippen LogP contribution in [-0.4, -0.2) is 63.4 Å². The van der Waals surface area contributed by atoms with E-state index in [9.17, 15) is 19.5 Å². The first-order valence-corrected chi connectivity index (χ1v) is 13.4. The lowest BCUT2D eigenvalue weighted by Crippen LogP contribution is -2.73. The van der Waals surface area contributed by atoms with Crippen LogP contribution in [-0.2, 0) is 19.2 Å². The van der Waals surface area contributed by atoms with Gasteiger partial charge >= 0.3 is 5.97 Å². The molecule has 5 heterocycles. The molecule has 11 nitrogen and oxygen atoms in total. The molecule has 2 aliphatic heterocycles. The average Bonchev–Trinajstić information content (AvgIpc) is 3.45. The van der Waals surface area contributed by atoms with Gasteiger partial charge in [0, 0.05) is 34.4 Å². The third-order valence-corrected chi connectivity index (χ3v) is 8.92. The number of hydrogen-bond donors (Lipinski definition) is 3. The van der Waals surface area contributed by atoms with E-state index in [2.05, 4.69) is 21.5 Å². The molecule has 0 spiro atoms. The number of pyridine rings is 1. The summed E-state index contributed by atoms with van der Waals surface area (Å²) in [7, 11) is 1.29. The van der Waals surface area contributed by atoms with Gasteiger partial charge in [-0.05, 0) is 13.0 Å². The number of rotatable bonds is 6. The largest absolute Gasteiger partial charge is 0.476 e. The Morgan fingerprint density at radius 3 is 2.83 bits per heavy atom. The van der Waals surface area contributed by atoms with Gasteiger partial charge in [0.1, 0.15) is 23.5 Å². The standard InChI is InChI=1S/C22H20N6O5S3/c1-9-6-11-4-5-27(10(2)17(11)36-9)20-16(21(31)32)28-13(8-34-20)15(19(28)30)25-18(29)14(26-33-3)12-7-35-22(23)24-12/h4-7,13,15H,8H2,1-3H3,(H3-,23,24,25,29,31,32)/p+1. The van der Waals surface area contributed by atoms with E-state index in [1.165, 1.54) is 23.8 Å². The van der Waals surface area contributed by atoms with E-state index in [1.54, 1.807) is 16.7 Å². The number of carboxylic acid groups (broad SMARTS) is 1. The van der Waals surface area contributed by atoms with E-state index in [1.807, 2.05) is 30.7 Å². The van der Waals surface area contributed by atoms with Crippen molar-refractivity contribution < 1.29 is 28.9 Å². The number of anilines is 1. The minimum atomic E-state index is -1.21. The third-order valence-electron chi connectivity index (χ3n) is 5.90. The number of thiazole rings is 1. The van der Waals surface area contributed by atoms with Crippen LogP contribution in [0.3, 0.4) is 0 Å². The molecule has 0 radical (unpaired) electrons. The molecule has 2 aliphatic rings. The van der Waals surface area contributed by atoms with Crippen LogP contribution < -0.4 is 15.6 Å². The van der Waals surface area contributed by atoms with Crippen molar-refractivity contribution in [2.45, 2.75) is 25.9 Å². The third kappa shape index (κ3) is 3.90. The predicted molar refractivity (Wildman–Crippen MR) is 137 cm³/mol. The van der Waals surface area contributed by atoms with E-state index >= 15 is 0 Å². The maximum atomic E-state index is 13.1. The number of nitrogens with one attached hydrogen (secondary N) is 1. The molecule has 186 valence electrons. The number of nitrogens with two attached hydrogens (primary N) is 1. The topological polar surface area (TPSA) is 151 Å². The normalized spacial score (nSPS) is 19.8. The Morgan fingerprint density at radius 2 is 2.17 bits per heavy atom. The number of fused-ring (bicyclic) bond motifs is 2. The molecule has 3 aromatic heterocycles. The molecule has 0 bridgehead atoms. The summed E-state index contributed by atoms with van der Waals surface area (Å²) in [5.74, 6) is -1.99. The van der Waals surface area contributed by atoms with Gasteiger partial charge in [-0.1, -0.05) is 16.9 Å². The Balaban J connectivity index is 1.44. The molecule has 2 amide bonds. The van der Waals surface area contributed by atoms with Crippen LogP contribution in [0.25, 0.3) is 15.1 Å². The summed E-state index contributed by atoms with van der Waals surface area (Å²) in [4.78, 5) is 49.6. The number of thioether (sulfide) groups is 1. The molecule has 0 aromatic carbocycles. The van der Waals surface area contributed by atoms with E-state index in [-0.39, 0.29) is 22.2 Å². The maximum absolute atomic E-state index is 13.1. The summed E-state index contributed by atoms with van der Waals surface area (Å²) in [6.45, 7) is 3.95. The second kappa shape index (κ2) is 9.19. The van der Waals surface area contributed by atoms with Gasteiger partial charge in [0.05, 0.1) is 6.04 Å². The smallest absolute Gasteiger partial charge is 0.360 e. The quantitative estimate of drug-likeness (QED) is 0.183. The molecule has 3 aromatic rings. The van der Waals surface area contributed by atoms with Crippen molar-refractivity contribution in [1.82, 2.24) is 15.2 Å². The number of hydrogen-bond acceptors (Lipinski definition) is 10. The number of carbonyl (C=O) groups excluding carboxylic acids is 2. The molecule has 14 heteroatoms. The number of aromatic nitrogens is 2. The van der Waals surface area contributed by atoms with Crippen molar-refractivity contribution in [3.63, 3.8) is 0 Å². The number of thiophene rings is 1. The van der Waals surface area contributed by atoms with Gasteiger partial charge in [0.15, 0.2) is 17.0 Å². The van der Waals surface area contributed by atoms with E-state index < -0.39 is 29.9 Å². The second-order valence-electron chi connectivity index (χ2n) is 8.10. The van der Waals surface area contributed by atoms with Crippen LogP contribution >= 0.6 is 34.4 Å². The van der Waals surface area contributed by atoms with Crippen LogP contribution in [0.2, 0.25) is 0 Å². The summed E-state index contributed by atoms with van der Waals surface area (Å²) in [6.07, 6.45) is 1.83.